The highest BCUT2D eigenvalue weighted by molar-refractivity contribution is 9.10. The van der Waals surface area contributed by atoms with Gasteiger partial charge in [0.2, 0.25) is 0 Å². The molecule has 1 atom stereocenters. The molecular weight excluding hydrogens is 342 g/mol. The summed E-state index contributed by atoms with van der Waals surface area (Å²) in [5, 5.41) is 6.20. The summed E-state index contributed by atoms with van der Waals surface area (Å²) in [5.74, 6) is 1.09. The smallest absolute Gasteiger partial charge is 0.0618 e. The van der Waals surface area contributed by atoms with Gasteiger partial charge in [0, 0.05) is 20.8 Å². The Morgan fingerprint density at radius 3 is 2.71 bits per heavy atom. The summed E-state index contributed by atoms with van der Waals surface area (Å²) >= 11 is 5.45. The van der Waals surface area contributed by atoms with Crippen molar-refractivity contribution in [3.63, 3.8) is 0 Å². The molecule has 0 saturated carbocycles. The highest BCUT2D eigenvalue weighted by Crippen LogP contribution is 2.39. The van der Waals surface area contributed by atoms with Gasteiger partial charge in [-0.1, -0.05) is 46.3 Å². The fourth-order valence-electron chi connectivity index (χ4n) is 2.79. The molecule has 1 aliphatic heterocycles. The van der Waals surface area contributed by atoms with Crippen LogP contribution in [-0.4, -0.2) is 5.75 Å². The summed E-state index contributed by atoms with van der Waals surface area (Å²) in [7, 11) is 0. The first-order chi connectivity index (χ1) is 10.3. The lowest BCUT2D eigenvalue weighted by atomic mass is 10.1. The van der Waals surface area contributed by atoms with E-state index in [1.54, 1.807) is 0 Å². The van der Waals surface area contributed by atoms with Gasteiger partial charge in [0.25, 0.3) is 0 Å². The lowest BCUT2D eigenvalue weighted by Gasteiger charge is -2.15. The van der Waals surface area contributed by atoms with E-state index in [0.717, 1.165) is 10.2 Å². The second-order valence-corrected chi connectivity index (χ2v) is 7.23. The topological polar surface area (TPSA) is 12.0 Å². The van der Waals surface area contributed by atoms with Gasteiger partial charge in [-0.2, -0.15) is 0 Å². The van der Waals surface area contributed by atoms with Crippen LogP contribution in [0.1, 0.15) is 11.6 Å². The van der Waals surface area contributed by atoms with E-state index in [1.807, 2.05) is 11.8 Å². The van der Waals surface area contributed by atoms with Gasteiger partial charge in [0.05, 0.1) is 6.04 Å². The Morgan fingerprint density at radius 2 is 1.76 bits per heavy atom. The molecule has 0 amide bonds. The quantitative estimate of drug-likeness (QED) is 0.617. The van der Waals surface area contributed by atoms with Crippen LogP contribution in [0.15, 0.2) is 70.0 Å². The largest absolute Gasteiger partial charge is 0.377 e. The highest BCUT2D eigenvalue weighted by atomic mass is 79.9. The van der Waals surface area contributed by atoms with E-state index in [2.05, 4.69) is 81.9 Å². The van der Waals surface area contributed by atoms with Crippen molar-refractivity contribution in [3.8, 4) is 0 Å². The zero-order chi connectivity index (χ0) is 14.2. The molecule has 0 radical (unpaired) electrons. The molecule has 104 valence electrons. The van der Waals surface area contributed by atoms with Crippen molar-refractivity contribution >= 4 is 44.2 Å². The fraction of sp³-hybridized carbons (Fsp3) is 0.111. The average Bonchev–Trinajstić information content (AvgIpc) is 2.91. The standard InChI is InChI=1S/C18H14BrNS/c19-14-7-5-13-10-15(8-6-12(13)9-14)20-17-11-21-18-4-2-1-3-16(17)18/h1-10,17,20H,11H2. The molecule has 3 aromatic carbocycles. The van der Waals surface area contributed by atoms with Crippen molar-refractivity contribution in [3.05, 3.63) is 70.7 Å². The third-order valence-corrected chi connectivity index (χ3v) is 5.52. The monoisotopic (exact) mass is 355 g/mol. The minimum absolute atomic E-state index is 0.402. The molecule has 0 fully saturated rings. The molecule has 1 aliphatic rings. The highest BCUT2D eigenvalue weighted by Gasteiger charge is 2.22. The van der Waals surface area contributed by atoms with E-state index in [9.17, 15) is 0 Å². The van der Waals surface area contributed by atoms with Crippen molar-refractivity contribution in [2.45, 2.75) is 10.9 Å². The molecule has 0 bridgehead atoms. The van der Waals surface area contributed by atoms with Crippen molar-refractivity contribution < 1.29 is 0 Å². The molecule has 1 N–H and O–H groups in total. The van der Waals surface area contributed by atoms with Crippen LogP contribution in [0.2, 0.25) is 0 Å². The fourth-order valence-corrected chi connectivity index (χ4v) is 4.33. The Labute approximate surface area is 136 Å². The zero-order valence-corrected chi connectivity index (χ0v) is 13.7. The minimum atomic E-state index is 0.402. The average molecular weight is 356 g/mol. The summed E-state index contributed by atoms with van der Waals surface area (Å²) in [5.41, 5.74) is 2.60. The molecule has 3 heteroatoms. The number of halogens is 1. The zero-order valence-electron chi connectivity index (χ0n) is 11.3. The van der Waals surface area contributed by atoms with Gasteiger partial charge in [0.1, 0.15) is 0 Å². The molecule has 0 aromatic heterocycles. The number of anilines is 1. The van der Waals surface area contributed by atoms with Gasteiger partial charge >= 0.3 is 0 Å². The van der Waals surface area contributed by atoms with E-state index >= 15 is 0 Å². The summed E-state index contributed by atoms with van der Waals surface area (Å²) < 4.78 is 1.12. The normalized spacial score (nSPS) is 16.9. The van der Waals surface area contributed by atoms with E-state index in [1.165, 1.54) is 26.9 Å². The SMILES string of the molecule is Brc1ccc2cc(NC3CSc4ccccc43)ccc2c1. The maximum Gasteiger partial charge on any atom is 0.0618 e. The van der Waals surface area contributed by atoms with E-state index in [-0.39, 0.29) is 0 Å². The third kappa shape index (κ3) is 2.56. The Morgan fingerprint density at radius 1 is 0.952 bits per heavy atom. The van der Waals surface area contributed by atoms with Gasteiger partial charge in [0.15, 0.2) is 0 Å². The number of rotatable bonds is 2. The maximum atomic E-state index is 3.67. The van der Waals surface area contributed by atoms with Crippen LogP contribution in [0.3, 0.4) is 0 Å². The lowest BCUT2D eigenvalue weighted by molar-refractivity contribution is 0.901. The van der Waals surface area contributed by atoms with Gasteiger partial charge in [-0.15, -0.1) is 11.8 Å². The van der Waals surface area contributed by atoms with Gasteiger partial charge in [-0.05, 0) is 46.7 Å². The van der Waals surface area contributed by atoms with Crippen molar-refractivity contribution in [2.24, 2.45) is 0 Å². The van der Waals surface area contributed by atoms with Gasteiger partial charge < -0.3 is 5.32 Å². The summed E-state index contributed by atoms with van der Waals surface area (Å²) in [6, 6.07) is 22.0. The summed E-state index contributed by atoms with van der Waals surface area (Å²) in [6.45, 7) is 0. The Hall–Kier alpha value is -1.45. The van der Waals surface area contributed by atoms with E-state index in [4.69, 9.17) is 0 Å². The van der Waals surface area contributed by atoms with Gasteiger partial charge in [-0.25, -0.2) is 0 Å². The second kappa shape index (κ2) is 5.39. The first-order valence-electron chi connectivity index (χ1n) is 6.97. The number of fused-ring (bicyclic) bond motifs is 2. The maximum absolute atomic E-state index is 3.67. The minimum Gasteiger partial charge on any atom is -0.377 e. The van der Waals surface area contributed by atoms with Crippen molar-refractivity contribution in [2.75, 3.05) is 11.1 Å². The predicted octanol–water partition coefficient (Wildman–Crippen LogP) is 5.86. The Bertz CT molecular complexity index is 815. The molecule has 1 unspecified atom stereocenters. The number of hydrogen-bond donors (Lipinski definition) is 1. The van der Waals surface area contributed by atoms with Crippen LogP contribution >= 0.6 is 27.7 Å². The summed E-state index contributed by atoms with van der Waals surface area (Å²) in [6.07, 6.45) is 0. The van der Waals surface area contributed by atoms with Crippen LogP contribution in [-0.2, 0) is 0 Å². The second-order valence-electron chi connectivity index (χ2n) is 5.25. The molecule has 1 nitrogen and oxygen atoms in total. The Kier molecular flexibility index (Phi) is 3.40. The first-order valence-corrected chi connectivity index (χ1v) is 8.75. The summed E-state index contributed by atoms with van der Waals surface area (Å²) in [4.78, 5) is 1.40. The molecule has 4 rings (SSSR count). The number of benzene rings is 3. The lowest BCUT2D eigenvalue weighted by Crippen LogP contribution is -2.09. The molecule has 3 aromatic rings. The van der Waals surface area contributed by atoms with Crippen LogP contribution in [0, 0.1) is 0 Å². The van der Waals surface area contributed by atoms with Crippen LogP contribution in [0.4, 0.5) is 5.69 Å². The van der Waals surface area contributed by atoms with Crippen molar-refractivity contribution in [1.82, 2.24) is 0 Å². The molecule has 21 heavy (non-hydrogen) atoms. The molecular formula is C18H14BrNS. The predicted molar refractivity (Wildman–Crippen MR) is 95.2 cm³/mol. The first kappa shape index (κ1) is 13.2. The van der Waals surface area contributed by atoms with Gasteiger partial charge in [-0.3, -0.25) is 0 Å². The molecule has 0 saturated heterocycles. The van der Waals surface area contributed by atoms with Crippen LogP contribution in [0.25, 0.3) is 10.8 Å². The number of hydrogen-bond acceptors (Lipinski definition) is 2. The number of nitrogens with one attached hydrogen (secondary N) is 1. The van der Waals surface area contributed by atoms with Crippen molar-refractivity contribution in [1.29, 1.82) is 0 Å². The molecule has 0 aliphatic carbocycles. The van der Waals surface area contributed by atoms with Crippen LogP contribution in [0.5, 0.6) is 0 Å². The number of thioether (sulfide) groups is 1. The van der Waals surface area contributed by atoms with E-state index < -0.39 is 0 Å². The van der Waals surface area contributed by atoms with E-state index in [0.29, 0.717) is 6.04 Å². The molecule has 1 heterocycles. The Balaban J connectivity index is 1.65. The van der Waals surface area contributed by atoms with Crippen LogP contribution < -0.4 is 5.32 Å². The molecule has 0 spiro atoms. The third-order valence-electron chi connectivity index (χ3n) is 3.84.